The lowest BCUT2D eigenvalue weighted by Crippen LogP contribution is -2.21. The Hall–Kier alpha value is -0.540. The fraction of sp³-hybridized carbons (Fsp3) is 0.583. The van der Waals surface area contributed by atoms with Crippen LogP contribution in [0.25, 0.3) is 0 Å². The molecule has 1 heterocycles. The molecule has 1 rings (SSSR count). The topological polar surface area (TPSA) is 24.9 Å². The lowest BCUT2D eigenvalue weighted by Gasteiger charge is -2.22. The van der Waals surface area contributed by atoms with Gasteiger partial charge in [0.15, 0.2) is 11.6 Å². The molecule has 0 aliphatic rings. The van der Waals surface area contributed by atoms with Crippen LogP contribution in [0.15, 0.2) is 12.3 Å². The molecule has 1 N–H and O–H groups in total. The molecule has 1 unspecified atom stereocenters. The minimum absolute atomic E-state index is 0.0631. The van der Waals surface area contributed by atoms with E-state index in [1.807, 2.05) is 0 Å². The number of anilines is 1. The van der Waals surface area contributed by atoms with Crippen LogP contribution in [0.1, 0.15) is 27.2 Å². The Morgan fingerprint density at radius 1 is 1.47 bits per heavy atom. The van der Waals surface area contributed by atoms with Crippen molar-refractivity contribution in [2.45, 2.75) is 32.6 Å². The number of nitrogens with one attached hydrogen (secondary N) is 1. The molecule has 0 saturated heterocycles. The number of rotatable bonds is 4. The summed E-state index contributed by atoms with van der Waals surface area (Å²) in [6.07, 6.45) is 2.25. The molecule has 2 nitrogen and oxygen atoms in total. The summed E-state index contributed by atoms with van der Waals surface area (Å²) >= 11 is 11.8. The van der Waals surface area contributed by atoms with Crippen molar-refractivity contribution < 1.29 is 4.39 Å². The minimum atomic E-state index is -0.461. The van der Waals surface area contributed by atoms with Crippen molar-refractivity contribution >= 4 is 29.0 Å². The van der Waals surface area contributed by atoms with E-state index in [1.165, 1.54) is 12.3 Å². The summed E-state index contributed by atoms with van der Waals surface area (Å²) in [7, 11) is 0. The number of hydrogen-bond acceptors (Lipinski definition) is 2. The van der Waals surface area contributed by atoms with Crippen LogP contribution < -0.4 is 5.32 Å². The van der Waals surface area contributed by atoms with E-state index in [0.29, 0.717) is 6.54 Å². The van der Waals surface area contributed by atoms with Crippen molar-refractivity contribution in [2.75, 3.05) is 11.9 Å². The molecule has 0 spiro atoms. The number of pyridine rings is 1. The van der Waals surface area contributed by atoms with Gasteiger partial charge >= 0.3 is 0 Å². The van der Waals surface area contributed by atoms with Gasteiger partial charge in [0.2, 0.25) is 0 Å². The van der Waals surface area contributed by atoms with Gasteiger partial charge in [-0.1, -0.05) is 32.4 Å². The molecule has 5 heteroatoms. The first-order chi connectivity index (χ1) is 7.78. The standard InChI is InChI=1S/C12H17Cl2FN2/c1-12(2,3)5-9(14)7-17-11-10(15)4-8(13)6-16-11/h4,6,9H,5,7H2,1-3H3,(H,16,17). The normalized spacial score (nSPS) is 13.5. The van der Waals surface area contributed by atoms with Gasteiger partial charge in [-0.05, 0) is 17.9 Å². The second kappa shape index (κ2) is 5.87. The SMILES string of the molecule is CC(C)(C)CC(Cl)CNc1ncc(Cl)cc1F. The summed E-state index contributed by atoms with van der Waals surface area (Å²) in [6, 6.07) is 1.23. The summed E-state index contributed by atoms with van der Waals surface area (Å²) in [4.78, 5) is 3.87. The molecule has 96 valence electrons. The lowest BCUT2D eigenvalue weighted by atomic mass is 9.90. The molecule has 0 aliphatic carbocycles. The van der Waals surface area contributed by atoms with Gasteiger partial charge in [-0.15, -0.1) is 11.6 Å². The monoisotopic (exact) mass is 278 g/mol. The highest BCUT2D eigenvalue weighted by molar-refractivity contribution is 6.30. The van der Waals surface area contributed by atoms with Crippen LogP contribution in [0.3, 0.4) is 0 Å². The Balaban J connectivity index is 2.50. The van der Waals surface area contributed by atoms with E-state index in [-0.39, 0.29) is 21.6 Å². The first-order valence-electron chi connectivity index (χ1n) is 5.47. The first-order valence-corrected chi connectivity index (χ1v) is 6.28. The maximum absolute atomic E-state index is 13.4. The largest absolute Gasteiger partial charge is 0.366 e. The Kier molecular flexibility index (Phi) is 5.02. The molecule has 0 aliphatic heterocycles. The summed E-state index contributed by atoms with van der Waals surface area (Å²) in [5.74, 6) is -0.272. The van der Waals surface area contributed by atoms with Gasteiger partial charge in [-0.3, -0.25) is 0 Å². The predicted molar refractivity (Wildman–Crippen MR) is 71.4 cm³/mol. The first kappa shape index (κ1) is 14.5. The second-order valence-corrected chi connectivity index (χ2v) is 6.28. The predicted octanol–water partition coefficient (Wildman–Crippen LogP) is 4.33. The number of hydrogen-bond donors (Lipinski definition) is 1. The van der Waals surface area contributed by atoms with Gasteiger partial charge < -0.3 is 5.32 Å². The third-order valence-electron chi connectivity index (χ3n) is 2.13. The Labute approximate surface area is 112 Å². The zero-order valence-electron chi connectivity index (χ0n) is 10.2. The van der Waals surface area contributed by atoms with Crippen molar-refractivity contribution in [3.63, 3.8) is 0 Å². The highest BCUT2D eigenvalue weighted by Gasteiger charge is 2.17. The molecule has 0 aromatic carbocycles. The van der Waals surface area contributed by atoms with Crippen LogP contribution in [-0.4, -0.2) is 16.9 Å². The average Bonchev–Trinajstić information content (AvgIpc) is 2.13. The highest BCUT2D eigenvalue weighted by Crippen LogP contribution is 2.24. The van der Waals surface area contributed by atoms with Crippen LogP contribution in [0, 0.1) is 11.2 Å². The smallest absolute Gasteiger partial charge is 0.166 e. The zero-order chi connectivity index (χ0) is 13.1. The van der Waals surface area contributed by atoms with E-state index in [4.69, 9.17) is 23.2 Å². The molecule has 0 amide bonds. The molecule has 1 aromatic rings. The summed E-state index contributed by atoms with van der Waals surface area (Å²) in [6.45, 7) is 6.82. The van der Waals surface area contributed by atoms with Crippen molar-refractivity contribution in [3.05, 3.63) is 23.1 Å². The van der Waals surface area contributed by atoms with E-state index in [1.54, 1.807) is 0 Å². The molecule has 0 fully saturated rings. The van der Waals surface area contributed by atoms with Crippen molar-refractivity contribution in [3.8, 4) is 0 Å². The quantitative estimate of drug-likeness (QED) is 0.830. The number of nitrogens with zero attached hydrogens (tertiary/aromatic N) is 1. The van der Waals surface area contributed by atoms with Crippen LogP contribution in [-0.2, 0) is 0 Å². The lowest BCUT2D eigenvalue weighted by molar-refractivity contribution is 0.373. The molecular formula is C12H17Cl2FN2. The Bertz CT molecular complexity index is 377. The van der Waals surface area contributed by atoms with E-state index < -0.39 is 5.82 Å². The van der Waals surface area contributed by atoms with Crippen LogP contribution in [0.2, 0.25) is 5.02 Å². The highest BCUT2D eigenvalue weighted by atomic mass is 35.5. The van der Waals surface area contributed by atoms with Crippen LogP contribution >= 0.6 is 23.2 Å². The average molecular weight is 279 g/mol. The molecule has 17 heavy (non-hydrogen) atoms. The number of halogens is 3. The Morgan fingerprint density at radius 2 is 2.12 bits per heavy atom. The maximum Gasteiger partial charge on any atom is 0.166 e. The Morgan fingerprint density at radius 3 is 2.65 bits per heavy atom. The molecule has 1 aromatic heterocycles. The van der Waals surface area contributed by atoms with Gasteiger partial charge in [-0.2, -0.15) is 0 Å². The van der Waals surface area contributed by atoms with Crippen molar-refractivity contribution in [1.29, 1.82) is 0 Å². The molecular weight excluding hydrogens is 262 g/mol. The van der Waals surface area contributed by atoms with Crippen molar-refractivity contribution in [1.82, 2.24) is 4.98 Å². The minimum Gasteiger partial charge on any atom is -0.366 e. The van der Waals surface area contributed by atoms with Crippen LogP contribution in [0.4, 0.5) is 10.2 Å². The van der Waals surface area contributed by atoms with E-state index in [9.17, 15) is 4.39 Å². The number of alkyl halides is 1. The molecule has 0 bridgehead atoms. The summed E-state index contributed by atoms with van der Waals surface area (Å²) in [5.41, 5.74) is 0.153. The fourth-order valence-corrected chi connectivity index (χ4v) is 2.17. The van der Waals surface area contributed by atoms with E-state index in [2.05, 4.69) is 31.1 Å². The molecule has 1 atom stereocenters. The molecule has 0 saturated carbocycles. The second-order valence-electron chi connectivity index (χ2n) is 5.23. The third-order valence-corrected chi connectivity index (χ3v) is 2.65. The van der Waals surface area contributed by atoms with Gasteiger partial charge in [0.05, 0.1) is 10.4 Å². The molecule has 0 radical (unpaired) electrons. The third kappa shape index (κ3) is 5.55. The van der Waals surface area contributed by atoms with Crippen LogP contribution in [0.5, 0.6) is 0 Å². The van der Waals surface area contributed by atoms with Crippen molar-refractivity contribution in [2.24, 2.45) is 5.41 Å². The van der Waals surface area contributed by atoms with E-state index >= 15 is 0 Å². The van der Waals surface area contributed by atoms with Gasteiger partial charge in [-0.25, -0.2) is 9.37 Å². The summed E-state index contributed by atoms with van der Waals surface area (Å²) < 4.78 is 13.4. The van der Waals surface area contributed by atoms with Gasteiger partial charge in [0.25, 0.3) is 0 Å². The van der Waals surface area contributed by atoms with E-state index in [0.717, 1.165) is 6.42 Å². The zero-order valence-corrected chi connectivity index (χ0v) is 11.7. The van der Waals surface area contributed by atoms with Gasteiger partial charge in [0, 0.05) is 12.7 Å². The maximum atomic E-state index is 13.4. The number of aromatic nitrogens is 1. The van der Waals surface area contributed by atoms with Gasteiger partial charge in [0.1, 0.15) is 0 Å². The summed E-state index contributed by atoms with van der Waals surface area (Å²) in [5, 5.41) is 3.11. The fourth-order valence-electron chi connectivity index (χ4n) is 1.49.